The summed E-state index contributed by atoms with van der Waals surface area (Å²) in [5, 5.41) is 6.74. The second kappa shape index (κ2) is 12.4. The fraction of sp³-hybridized carbons (Fsp3) is 0.393. The van der Waals surface area contributed by atoms with Crippen molar-refractivity contribution in [2.45, 2.75) is 65.8 Å². The first-order chi connectivity index (χ1) is 18.3. The van der Waals surface area contributed by atoms with E-state index in [0.717, 1.165) is 22.5 Å². The summed E-state index contributed by atoms with van der Waals surface area (Å²) in [5.41, 5.74) is 4.51. The van der Waals surface area contributed by atoms with Gasteiger partial charge in [0, 0.05) is 24.3 Å². The normalized spacial score (nSPS) is 12.1. The molecule has 3 heterocycles. The number of benzene rings is 1. The van der Waals surface area contributed by atoms with Crippen molar-refractivity contribution < 1.29 is 14.3 Å². The summed E-state index contributed by atoms with van der Waals surface area (Å²) in [7, 11) is 0. The highest BCUT2D eigenvalue weighted by molar-refractivity contribution is 5.84. The quantitative estimate of drug-likeness (QED) is 0.237. The van der Waals surface area contributed by atoms with Gasteiger partial charge in [-0.2, -0.15) is 9.97 Å². The molecule has 2 N–H and O–H groups in total. The van der Waals surface area contributed by atoms with Gasteiger partial charge in [0.05, 0.1) is 24.2 Å². The number of ether oxygens (including phenoxy) is 2. The molecule has 1 atom stereocenters. The van der Waals surface area contributed by atoms with Crippen molar-refractivity contribution in [1.29, 1.82) is 0 Å². The van der Waals surface area contributed by atoms with Crippen molar-refractivity contribution in [3.8, 4) is 11.3 Å². The molecule has 0 saturated heterocycles. The fourth-order valence-corrected chi connectivity index (χ4v) is 3.83. The molecule has 38 heavy (non-hydrogen) atoms. The van der Waals surface area contributed by atoms with Crippen molar-refractivity contribution in [3.63, 3.8) is 0 Å². The number of fused-ring (bicyclic) bond motifs is 1. The van der Waals surface area contributed by atoms with Gasteiger partial charge in [0.1, 0.15) is 6.61 Å². The van der Waals surface area contributed by atoms with Crippen LogP contribution in [0.4, 0.5) is 16.6 Å². The van der Waals surface area contributed by atoms with Crippen LogP contribution in [-0.4, -0.2) is 49.4 Å². The summed E-state index contributed by atoms with van der Waals surface area (Å²) in [6, 6.07) is 14.1. The van der Waals surface area contributed by atoms with Crippen LogP contribution in [-0.2, 0) is 16.0 Å². The third-order valence-electron chi connectivity index (χ3n) is 5.91. The van der Waals surface area contributed by atoms with E-state index < -0.39 is 6.16 Å². The molecule has 0 fully saturated rings. The summed E-state index contributed by atoms with van der Waals surface area (Å²) < 4.78 is 12.3. The topological polar surface area (TPSA) is 116 Å². The van der Waals surface area contributed by atoms with Crippen LogP contribution in [0, 0.1) is 0 Å². The maximum atomic E-state index is 11.8. The molecule has 10 heteroatoms. The molecule has 0 aliphatic carbocycles. The van der Waals surface area contributed by atoms with Gasteiger partial charge in [-0.15, -0.1) is 0 Å². The van der Waals surface area contributed by atoms with Gasteiger partial charge in [0.15, 0.2) is 17.0 Å². The van der Waals surface area contributed by atoms with Crippen LogP contribution < -0.4 is 10.6 Å². The molecule has 0 bridgehead atoms. The third-order valence-corrected chi connectivity index (χ3v) is 5.91. The SMILES string of the molecule is CC[C@H](COC(=O)OC(C)C)Nc1nc(NCc2ccc(-c3ccccn3)cc2)c2ncn(C(C)C)c2n1. The highest BCUT2D eigenvalue weighted by Crippen LogP contribution is 2.25. The molecule has 0 aliphatic rings. The summed E-state index contributed by atoms with van der Waals surface area (Å²) >= 11 is 0. The van der Waals surface area contributed by atoms with Crippen molar-refractivity contribution in [1.82, 2.24) is 24.5 Å². The van der Waals surface area contributed by atoms with E-state index in [2.05, 4.69) is 58.7 Å². The van der Waals surface area contributed by atoms with Crippen molar-refractivity contribution in [2.24, 2.45) is 0 Å². The van der Waals surface area contributed by atoms with Crippen LogP contribution in [0.25, 0.3) is 22.4 Å². The number of imidazole rings is 1. The number of anilines is 2. The van der Waals surface area contributed by atoms with E-state index in [0.29, 0.717) is 30.2 Å². The number of nitrogens with one attached hydrogen (secondary N) is 2. The Morgan fingerprint density at radius 3 is 2.47 bits per heavy atom. The second-order valence-electron chi connectivity index (χ2n) is 9.56. The molecular weight excluding hydrogens is 482 g/mol. The van der Waals surface area contributed by atoms with Crippen molar-refractivity contribution in [3.05, 3.63) is 60.6 Å². The van der Waals surface area contributed by atoms with Crippen LogP contribution in [0.5, 0.6) is 0 Å². The van der Waals surface area contributed by atoms with E-state index in [-0.39, 0.29) is 24.8 Å². The summed E-state index contributed by atoms with van der Waals surface area (Å²) in [6.45, 7) is 10.4. The zero-order valence-electron chi connectivity index (χ0n) is 22.5. The molecule has 200 valence electrons. The number of carbonyl (C=O) groups is 1. The number of nitrogens with zero attached hydrogens (tertiary/aromatic N) is 5. The van der Waals surface area contributed by atoms with Crippen LogP contribution in [0.15, 0.2) is 55.0 Å². The minimum atomic E-state index is -0.689. The summed E-state index contributed by atoms with van der Waals surface area (Å²) in [6.07, 6.45) is 3.34. The maximum absolute atomic E-state index is 11.8. The predicted octanol–water partition coefficient (Wildman–Crippen LogP) is 5.83. The minimum absolute atomic E-state index is 0.137. The van der Waals surface area contributed by atoms with Crippen LogP contribution >= 0.6 is 0 Å². The Balaban J connectivity index is 1.52. The van der Waals surface area contributed by atoms with E-state index in [1.54, 1.807) is 26.4 Å². The number of hydrogen-bond acceptors (Lipinski definition) is 9. The smallest absolute Gasteiger partial charge is 0.432 e. The average molecular weight is 518 g/mol. The van der Waals surface area contributed by atoms with Crippen LogP contribution in [0.1, 0.15) is 52.6 Å². The summed E-state index contributed by atoms with van der Waals surface area (Å²) in [4.78, 5) is 30.3. The molecule has 10 nitrogen and oxygen atoms in total. The van der Waals surface area contributed by atoms with Gasteiger partial charge in [-0.05, 0) is 51.8 Å². The van der Waals surface area contributed by atoms with Crippen molar-refractivity contribution in [2.75, 3.05) is 17.2 Å². The Morgan fingerprint density at radius 2 is 1.82 bits per heavy atom. The lowest BCUT2D eigenvalue weighted by Gasteiger charge is -2.18. The lowest BCUT2D eigenvalue weighted by Crippen LogP contribution is -2.28. The molecule has 0 amide bonds. The van der Waals surface area contributed by atoms with Gasteiger partial charge >= 0.3 is 6.16 Å². The number of pyridine rings is 1. The molecule has 4 rings (SSSR count). The molecule has 1 aromatic carbocycles. The molecule has 0 radical (unpaired) electrons. The Bertz CT molecular complexity index is 1340. The Morgan fingerprint density at radius 1 is 1.03 bits per heavy atom. The summed E-state index contributed by atoms with van der Waals surface area (Å²) in [5.74, 6) is 1.06. The van der Waals surface area contributed by atoms with Crippen LogP contribution in [0.3, 0.4) is 0 Å². The molecular formula is C28H35N7O3. The molecule has 0 unspecified atom stereocenters. The van der Waals surface area contributed by atoms with Gasteiger partial charge < -0.3 is 24.7 Å². The van der Waals surface area contributed by atoms with E-state index in [1.165, 1.54) is 0 Å². The minimum Gasteiger partial charge on any atom is -0.432 e. The van der Waals surface area contributed by atoms with E-state index >= 15 is 0 Å². The predicted molar refractivity (Wildman–Crippen MR) is 148 cm³/mol. The zero-order chi connectivity index (χ0) is 27.1. The molecule has 3 aromatic heterocycles. The lowest BCUT2D eigenvalue weighted by molar-refractivity contribution is 0.0321. The Hall–Kier alpha value is -4.21. The number of rotatable bonds is 11. The van der Waals surface area contributed by atoms with Gasteiger partial charge in [-0.1, -0.05) is 37.3 Å². The van der Waals surface area contributed by atoms with E-state index in [1.807, 2.05) is 29.7 Å². The Kier molecular flexibility index (Phi) is 8.73. The monoisotopic (exact) mass is 517 g/mol. The lowest BCUT2D eigenvalue weighted by atomic mass is 10.1. The van der Waals surface area contributed by atoms with Crippen molar-refractivity contribution >= 4 is 29.1 Å². The number of hydrogen-bond donors (Lipinski definition) is 2. The maximum Gasteiger partial charge on any atom is 0.508 e. The van der Waals surface area contributed by atoms with Gasteiger partial charge in [0.2, 0.25) is 5.95 Å². The highest BCUT2D eigenvalue weighted by Gasteiger charge is 2.18. The highest BCUT2D eigenvalue weighted by atomic mass is 16.7. The standard InChI is InChI=1S/C28H35N7O3/c1-6-22(16-37-28(36)38-19(4)5)32-27-33-25(24-26(34-27)35(17-31-24)18(2)3)30-15-20-10-12-21(13-11-20)23-9-7-8-14-29-23/h7-14,17-19,22H,6,15-16H2,1-5H3,(H2,30,32,33,34)/t22-/m1/s1. The largest absolute Gasteiger partial charge is 0.508 e. The first-order valence-corrected chi connectivity index (χ1v) is 12.9. The molecule has 0 aliphatic heterocycles. The third kappa shape index (κ3) is 6.76. The first-order valence-electron chi connectivity index (χ1n) is 12.9. The average Bonchev–Trinajstić information content (AvgIpc) is 3.34. The Labute approximate surface area is 222 Å². The fourth-order valence-electron chi connectivity index (χ4n) is 3.83. The number of aromatic nitrogens is 5. The van der Waals surface area contributed by atoms with Gasteiger partial charge in [-0.3, -0.25) is 4.98 Å². The molecule has 0 saturated carbocycles. The number of carbonyl (C=O) groups excluding carboxylic acids is 1. The molecule has 4 aromatic rings. The second-order valence-corrected chi connectivity index (χ2v) is 9.56. The molecule has 0 spiro atoms. The zero-order valence-corrected chi connectivity index (χ0v) is 22.5. The first kappa shape index (κ1) is 26.8. The van der Waals surface area contributed by atoms with E-state index in [9.17, 15) is 4.79 Å². The van der Waals surface area contributed by atoms with Gasteiger partial charge in [0.25, 0.3) is 0 Å². The van der Waals surface area contributed by atoms with E-state index in [4.69, 9.17) is 19.4 Å². The van der Waals surface area contributed by atoms with Crippen LogP contribution in [0.2, 0.25) is 0 Å². The van der Waals surface area contributed by atoms with Gasteiger partial charge in [-0.25, -0.2) is 9.78 Å².